The average molecular weight is 240 g/mol. The molecular weight excluding hydrogens is 216 g/mol. The monoisotopic (exact) mass is 240 g/mol. The van der Waals surface area contributed by atoms with Gasteiger partial charge in [-0.2, -0.15) is 0 Å². The summed E-state index contributed by atoms with van der Waals surface area (Å²) in [6.45, 7) is 4.92. The van der Waals surface area contributed by atoms with Crippen LogP contribution in [0.15, 0.2) is 0 Å². The van der Waals surface area contributed by atoms with Gasteiger partial charge in [0.25, 0.3) is 0 Å². The van der Waals surface area contributed by atoms with Crippen molar-refractivity contribution >= 4 is 5.97 Å². The minimum atomic E-state index is -0.107. The number of hydrogen-bond acceptors (Lipinski definition) is 4. The van der Waals surface area contributed by atoms with Crippen molar-refractivity contribution in [3.8, 4) is 0 Å². The van der Waals surface area contributed by atoms with Gasteiger partial charge in [0.05, 0.1) is 13.0 Å². The number of likely N-dealkylation sites (tertiary alicyclic amines) is 1. The molecule has 0 spiro atoms. The van der Waals surface area contributed by atoms with Gasteiger partial charge in [0, 0.05) is 25.7 Å². The lowest BCUT2D eigenvalue weighted by molar-refractivity contribution is -0.145. The largest absolute Gasteiger partial charge is 0.469 e. The predicted octanol–water partition coefficient (Wildman–Crippen LogP) is 0.855. The molecule has 0 aromatic carbocycles. The summed E-state index contributed by atoms with van der Waals surface area (Å²) >= 11 is 0. The first-order valence-corrected chi connectivity index (χ1v) is 6.67. The van der Waals surface area contributed by atoms with E-state index in [4.69, 9.17) is 10.5 Å². The Labute approximate surface area is 103 Å². The minimum Gasteiger partial charge on any atom is -0.469 e. The second-order valence-electron chi connectivity index (χ2n) is 5.66. The van der Waals surface area contributed by atoms with E-state index < -0.39 is 0 Å². The molecule has 1 aliphatic carbocycles. The van der Waals surface area contributed by atoms with Crippen molar-refractivity contribution in [2.75, 3.05) is 26.7 Å². The molecule has 1 aliphatic heterocycles. The van der Waals surface area contributed by atoms with Crippen LogP contribution in [0.25, 0.3) is 0 Å². The summed E-state index contributed by atoms with van der Waals surface area (Å²) in [7, 11) is 1.46. The van der Waals surface area contributed by atoms with Crippen LogP contribution in [0.2, 0.25) is 0 Å². The quantitative estimate of drug-likeness (QED) is 0.743. The van der Waals surface area contributed by atoms with Crippen LogP contribution in [-0.4, -0.2) is 43.7 Å². The summed E-state index contributed by atoms with van der Waals surface area (Å²) in [6, 6.07) is 0.368. The summed E-state index contributed by atoms with van der Waals surface area (Å²) in [5.74, 6) is 1.26. The number of methoxy groups -OCH3 is 1. The second-order valence-corrected chi connectivity index (χ2v) is 5.66. The van der Waals surface area contributed by atoms with Crippen molar-refractivity contribution in [1.82, 2.24) is 4.90 Å². The zero-order chi connectivity index (χ0) is 12.4. The molecule has 0 aromatic heterocycles. The second kappa shape index (κ2) is 5.36. The van der Waals surface area contributed by atoms with Crippen LogP contribution < -0.4 is 5.73 Å². The highest BCUT2D eigenvalue weighted by atomic mass is 16.5. The third-order valence-electron chi connectivity index (χ3n) is 4.37. The molecule has 0 radical (unpaired) electrons. The molecule has 2 fully saturated rings. The molecule has 2 rings (SSSR count). The van der Waals surface area contributed by atoms with E-state index in [1.165, 1.54) is 26.4 Å². The molecular formula is C13H24N2O2. The molecule has 4 atom stereocenters. The maximum absolute atomic E-state index is 11.4. The van der Waals surface area contributed by atoms with Crippen molar-refractivity contribution in [3.63, 3.8) is 0 Å². The number of fused-ring (bicyclic) bond motifs is 1. The van der Waals surface area contributed by atoms with Crippen molar-refractivity contribution < 1.29 is 9.53 Å². The van der Waals surface area contributed by atoms with Crippen molar-refractivity contribution in [1.29, 1.82) is 0 Å². The number of nitrogens with two attached hydrogens (primary N) is 1. The lowest BCUT2D eigenvalue weighted by Gasteiger charge is -2.29. The highest BCUT2D eigenvalue weighted by molar-refractivity contribution is 5.72. The Morgan fingerprint density at radius 3 is 2.88 bits per heavy atom. The Kier molecular flexibility index (Phi) is 4.05. The molecule has 98 valence electrons. The maximum atomic E-state index is 11.4. The van der Waals surface area contributed by atoms with E-state index in [0.717, 1.165) is 25.6 Å². The molecule has 4 nitrogen and oxygen atoms in total. The number of esters is 1. The number of hydrogen-bond donors (Lipinski definition) is 1. The molecule has 17 heavy (non-hydrogen) atoms. The molecule has 4 unspecified atom stereocenters. The standard InChI is InChI=1S/C13H24N2O2/c1-9(13(16)17-2)6-15-7-10-4-3-5-12(14)11(10)8-15/h9-12H,3-8,14H2,1-2H3. The number of rotatable bonds is 3. The Bertz CT molecular complexity index is 283. The first kappa shape index (κ1) is 12.8. The number of ether oxygens (including phenoxy) is 1. The fourth-order valence-corrected chi connectivity index (χ4v) is 3.42. The van der Waals surface area contributed by atoms with E-state index in [2.05, 4.69) is 4.90 Å². The molecule has 0 amide bonds. The fraction of sp³-hybridized carbons (Fsp3) is 0.923. The van der Waals surface area contributed by atoms with Crippen LogP contribution in [0.5, 0.6) is 0 Å². The van der Waals surface area contributed by atoms with E-state index >= 15 is 0 Å². The van der Waals surface area contributed by atoms with E-state index in [1.807, 2.05) is 6.92 Å². The molecule has 2 N–H and O–H groups in total. The predicted molar refractivity (Wildman–Crippen MR) is 66.4 cm³/mol. The van der Waals surface area contributed by atoms with E-state index in [0.29, 0.717) is 12.0 Å². The normalized spacial score (nSPS) is 35.4. The van der Waals surface area contributed by atoms with Gasteiger partial charge in [0.15, 0.2) is 0 Å². The van der Waals surface area contributed by atoms with Crippen LogP contribution in [0.4, 0.5) is 0 Å². The van der Waals surface area contributed by atoms with Gasteiger partial charge in [-0.3, -0.25) is 4.79 Å². The molecule has 4 heteroatoms. The molecule has 1 heterocycles. The molecule has 1 saturated carbocycles. The van der Waals surface area contributed by atoms with Gasteiger partial charge < -0.3 is 15.4 Å². The lowest BCUT2D eigenvalue weighted by Crippen LogP contribution is -2.38. The van der Waals surface area contributed by atoms with Gasteiger partial charge in [-0.1, -0.05) is 13.3 Å². The summed E-state index contributed by atoms with van der Waals surface area (Å²) in [6.07, 6.45) is 3.74. The average Bonchev–Trinajstić information content (AvgIpc) is 2.72. The van der Waals surface area contributed by atoms with Crippen LogP contribution in [-0.2, 0) is 9.53 Å². The van der Waals surface area contributed by atoms with Gasteiger partial charge in [-0.05, 0) is 24.7 Å². The zero-order valence-corrected chi connectivity index (χ0v) is 10.9. The summed E-state index contributed by atoms with van der Waals surface area (Å²) < 4.78 is 4.77. The van der Waals surface area contributed by atoms with Gasteiger partial charge in [0.1, 0.15) is 0 Å². The highest BCUT2D eigenvalue weighted by Crippen LogP contribution is 2.35. The molecule has 0 bridgehead atoms. The Balaban J connectivity index is 1.86. The summed E-state index contributed by atoms with van der Waals surface area (Å²) in [4.78, 5) is 13.8. The third-order valence-corrected chi connectivity index (χ3v) is 4.37. The van der Waals surface area contributed by atoms with Gasteiger partial charge in [-0.25, -0.2) is 0 Å². The van der Waals surface area contributed by atoms with Crippen LogP contribution in [0, 0.1) is 17.8 Å². The van der Waals surface area contributed by atoms with Crippen LogP contribution in [0.3, 0.4) is 0 Å². The van der Waals surface area contributed by atoms with E-state index in [-0.39, 0.29) is 11.9 Å². The Hall–Kier alpha value is -0.610. The minimum absolute atomic E-state index is 0.0311. The third kappa shape index (κ3) is 2.80. The zero-order valence-electron chi connectivity index (χ0n) is 10.9. The fourth-order valence-electron chi connectivity index (χ4n) is 3.42. The van der Waals surface area contributed by atoms with Crippen molar-refractivity contribution in [3.05, 3.63) is 0 Å². The molecule has 2 aliphatic rings. The van der Waals surface area contributed by atoms with Crippen molar-refractivity contribution in [2.24, 2.45) is 23.5 Å². The number of carbonyl (C=O) groups excluding carboxylic acids is 1. The number of carbonyl (C=O) groups is 1. The van der Waals surface area contributed by atoms with E-state index in [1.54, 1.807) is 0 Å². The Morgan fingerprint density at radius 2 is 2.24 bits per heavy atom. The molecule has 1 saturated heterocycles. The number of nitrogens with zero attached hydrogens (tertiary/aromatic N) is 1. The highest BCUT2D eigenvalue weighted by Gasteiger charge is 2.39. The Morgan fingerprint density at radius 1 is 1.47 bits per heavy atom. The lowest BCUT2D eigenvalue weighted by atomic mass is 9.78. The van der Waals surface area contributed by atoms with Gasteiger partial charge >= 0.3 is 5.97 Å². The van der Waals surface area contributed by atoms with Crippen LogP contribution in [0.1, 0.15) is 26.2 Å². The molecule has 0 aromatic rings. The van der Waals surface area contributed by atoms with Gasteiger partial charge in [-0.15, -0.1) is 0 Å². The van der Waals surface area contributed by atoms with E-state index in [9.17, 15) is 4.79 Å². The van der Waals surface area contributed by atoms with Crippen LogP contribution >= 0.6 is 0 Å². The maximum Gasteiger partial charge on any atom is 0.309 e. The van der Waals surface area contributed by atoms with Gasteiger partial charge in [0.2, 0.25) is 0 Å². The SMILES string of the molecule is COC(=O)C(C)CN1CC2CCCC(N)C2C1. The summed E-state index contributed by atoms with van der Waals surface area (Å²) in [5, 5.41) is 0. The van der Waals surface area contributed by atoms with Crippen molar-refractivity contribution in [2.45, 2.75) is 32.2 Å². The first-order chi connectivity index (χ1) is 8.11. The smallest absolute Gasteiger partial charge is 0.309 e. The summed E-state index contributed by atoms with van der Waals surface area (Å²) in [5.41, 5.74) is 6.18. The topological polar surface area (TPSA) is 55.6 Å². The first-order valence-electron chi connectivity index (χ1n) is 6.67.